The van der Waals surface area contributed by atoms with Gasteiger partial charge in [-0.3, -0.25) is 4.79 Å². The number of rotatable bonds is 2. The number of carbonyl (C=O) groups is 1. The first-order valence-electron chi connectivity index (χ1n) is 6.70. The SMILES string of the molecule is CC1(C)OB(c2cc(C(N)=O)cn3ncnc23)OC1(C)C. The van der Waals surface area contributed by atoms with Crippen LogP contribution in [0.1, 0.15) is 38.1 Å². The van der Waals surface area contributed by atoms with Gasteiger partial charge in [0.15, 0.2) is 5.65 Å². The lowest BCUT2D eigenvalue weighted by molar-refractivity contribution is 0.00578. The molecule has 0 aliphatic carbocycles. The van der Waals surface area contributed by atoms with E-state index in [1.807, 2.05) is 27.7 Å². The molecule has 2 aromatic heterocycles. The van der Waals surface area contributed by atoms with E-state index in [1.165, 1.54) is 10.8 Å². The molecule has 3 heterocycles. The van der Waals surface area contributed by atoms with E-state index in [2.05, 4.69) is 10.1 Å². The predicted octanol–water partition coefficient (Wildman–Crippen LogP) is 0.127. The molecule has 0 radical (unpaired) electrons. The molecule has 2 N–H and O–H groups in total. The Labute approximate surface area is 122 Å². The van der Waals surface area contributed by atoms with Gasteiger partial charge < -0.3 is 15.0 Å². The first-order valence-corrected chi connectivity index (χ1v) is 6.70. The van der Waals surface area contributed by atoms with E-state index >= 15 is 0 Å². The van der Waals surface area contributed by atoms with Crippen molar-refractivity contribution in [3.8, 4) is 0 Å². The molecule has 0 aromatic carbocycles. The molecular formula is C13H17BN4O3. The van der Waals surface area contributed by atoms with Crippen molar-refractivity contribution >= 4 is 24.1 Å². The van der Waals surface area contributed by atoms with Crippen LogP contribution in [0.25, 0.3) is 5.65 Å². The van der Waals surface area contributed by atoms with Gasteiger partial charge in [0.05, 0.1) is 16.8 Å². The fourth-order valence-corrected chi connectivity index (χ4v) is 2.23. The van der Waals surface area contributed by atoms with Gasteiger partial charge in [-0.1, -0.05) is 0 Å². The zero-order chi connectivity index (χ0) is 15.4. The number of fused-ring (bicyclic) bond motifs is 1. The minimum absolute atomic E-state index is 0.331. The van der Waals surface area contributed by atoms with Gasteiger partial charge >= 0.3 is 7.12 Å². The molecule has 0 unspecified atom stereocenters. The van der Waals surface area contributed by atoms with Crippen molar-refractivity contribution in [1.29, 1.82) is 0 Å². The summed E-state index contributed by atoms with van der Waals surface area (Å²) >= 11 is 0. The van der Waals surface area contributed by atoms with Crippen LogP contribution in [0.15, 0.2) is 18.6 Å². The molecule has 0 spiro atoms. The van der Waals surface area contributed by atoms with E-state index in [0.717, 1.165) is 0 Å². The van der Waals surface area contributed by atoms with Crippen LogP contribution in [0.5, 0.6) is 0 Å². The Morgan fingerprint density at radius 1 is 1.29 bits per heavy atom. The second-order valence-electron chi connectivity index (χ2n) is 6.16. The molecule has 0 bridgehead atoms. The number of amides is 1. The number of carbonyl (C=O) groups excluding carboxylic acids is 1. The minimum Gasteiger partial charge on any atom is -0.399 e. The number of aromatic nitrogens is 3. The largest absolute Gasteiger partial charge is 0.498 e. The van der Waals surface area contributed by atoms with Gasteiger partial charge in [-0.2, -0.15) is 5.10 Å². The quantitative estimate of drug-likeness (QED) is 0.793. The van der Waals surface area contributed by atoms with Gasteiger partial charge in [-0.15, -0.1) is 0 Å². The van der Waals surface area contributed by atoms with Crippen LogP contribution in [0, 0.1) is 0 Å². The molecule has 110 valence electrons. The third kappa shape index (κ3) is 2.11. The Morgan fingerprint density at radius 2 is 1.90 bits per heavy atom. The molecular weight excluding hydrogens is 271 g/mol. The van der Waals surface area contributed by atoms with Crippen LogP contribution < -0.4 is 11.2 Å². The van der Waals surface area contributed by atoms with Crippen molar-refractivity contribution in [3.05, 3.63) is 24.2 Å². The highest BCUT2D eigenvalue weighted by Gasteiger charge is 2.52. The number of nitrogens with zero attached hydrogens (tertiary/aromatic N) is 3. The van der Waals surface area contributed by atoms with Crippen molar-refractivity contribution in [2.75, 3.05) is 0 Å². The maximum Gasteiger partial charge on any atom is 0.498 e. The Kier molecular flexibility index (Phi) is 2.86. The van der Waals surface area contributed by atoms with E-state index in [-0.39, 0.29) is 0 Å². The highest BCUT2D eigenvalue weighted by molar-refractivity contribution is 6.64. The third-order valence-corrected chi connectivity index (χ3v) is 4.20. The van der Waals surface area contributed by atoms with E-state index < -0.39 is 24.2 Å². The molecule has 1 aliphatic rings. The summed E-state index contributed by atoms with van der Waals surface area (Å²) in [6, 6.07) is 1.65. The van der Waals surface area contributed by atoms with Crippen LogP contribution in [0.3, 0.4) is 0 Å². The maximum absolute atomic E-state index is 11.5. The summed E-state index contributed by atoms with van der Waals surface area (Å²) in [6.45, 7) is 7.86. The predicted molar refractivity (Wildman–Crippen MR) is 77.2 cm³/mol. The molecule has 1 amide bonds. The standard InChI is InChI=1S/C13H17BN4O3/c1-12(2)13(3,4)21-14(20-12)9-5-8(10(15)19)6-18-11(9)16-7-17-18/h5-7H,1-4H3,(H2,15,19). The third-order valence-electron chi connectivity index (χ3n) is 4.20. The van der Waals surface area contributed by atoms with Crippen LogP contribution >= 0.6 is 0 Å². The van der Waals surface area contributed by atoms with Crippen LogP contribution in [-0.2, 0) is 9.31 Å². The molecule has 7 nitrogen and oxygen atoms in total. The van der Waals surface area contributed by atoms with Crippen molar-refractivity contribution in [2.24, 2.45) is 5.73 Å². The van der Waals surface area contributed by atoms with Gasteiger partial charge in [0.1, 0.15) is 6.33 Å². The summed E-state index contributed by atoms with van der Waals surface area (Å²) in [7, 11) is -0.624. The summed E-state index contributed by atoms with van der Waals surface area (Å²) in [5.41, 5.74) is 5.97. The Bertz CT molecular complexity index is 709. The number of hydrogen-bond donors (Lipinski definition) is 1. The summed E-state index contributed by atoms with van der Waals surface area (Å²) in [5, 5.41) is 4.05. The first-order chi connectivity index (χ1) is 9.71. The Balaban J connectivity index is 2.13. The average Bonchev–Trinajstić information content (AvgIpc) is 2.90. The average molecular weight is 288 g/mol. The second kappa shape index (κ2) is 4.28. The maximum atomic E-state index is 11.5. The normalized spacial score (nSPS) is 20.1. The summed E-state index contributed by atoms with van der Waals surface area (Å²) in [5.74, 6) is -0.537. The van der Waals surface area contributed by atoms with Crippen LogP contribution in [0.2, 0.25) is 0 Å². The van der Waals surface area contributed by atoms with Crippen molar-refractivity contribution in [1.82, 2.24) is 14.6 Å². The molecule has 1 aliphatic heterocycles. The Hall–Kier alpha value is -1.93. The molecule has 3 rings (SSSR count). The highest BCUT2D eigenvalue weighted by atomic mass is 16.7. The summed E-state index contributed by atoms with van der Waals surface area (Å²) in [6.07, 6.45) is 2.95. The van der Waals surface area contributed by atoms with Gasteiger partial charge in [0, 0.05) is 11.7 Å². The van der Waals surface area contributed by atoms with Crippen LogP contribution in [-0.4, -0.2) is 38.8 Å². The fourth-order valence-electron chi connectivity index (χ4n) is 2.23. The Morgan fingerprint density at radius 3 is 2.48 bits per heavy atom. The minimum atomic E-state index is -0.624. The van der Waals surface area contributed by atoms with E-state index in [0.29, 0.717) is 16.7 Å². The number of primary amides is 1. The lowest BCUT2D eigenvalue weighted by Gasteiger charge is -2.32. The number of pyridine rings is 1. The summed E-state index contributed by atoms with van der Waals surface area (Å²) in [4.78, 5) is 15.7. The van der Waals surface area contributed by atoms with Gasteiger partial charge in [0.2, 0.25) is 5.91 Å². The highest BCUT2D eigenvalue weighted by Crippen LogP contribution is 2.36. The zero-order valence-electron chi connectivity index (χ0n) is 12.5. The lowest BCUT2D eigenvalue weighted by atomic mass is 9.79. The lowest BCUT2D eigenvalue weighted by Crippen LogP contribution is -2.41. The van der Waals surface area contributed by atoms with E-state index in [4.69, 9.17) is 15.0 Å². The molecule has 2 aromatic rings. The van der Waals surface area contributed by atoms with E-state index in [9.17, 15) is 4.79 Å². The van der Waals surface area contributed by atoms with Gasteiger partial charge in [-0.05, 0) is 33.8 Å². The second-order valence-corrected chi connectivity index (χ2v) is 6.16. The molecule has 0 saturated carbocycles. The van der Waals surface area contributed by atoms with E-state index in [1.54, 1.807) is 12.3 Å². The molecule has 8 heteroatoms. The van der Waals surface area contributed by atoms with Gasteiger partial charge in [-0.25, -0.2) is 9.50 Å². The zero-order valence-corrected chi connectivity index (χ0v) is 12.5. The first kappa shape index (κ1) is 14.0. The molecule has 1 fully saturated rings. The number of hydrogen-bond acceptors (Lipinski definition) is 5. The monoisotopic (exact) mass is 288 g/mol. The van der Waals surface area contributed by atoms with Crippen molar-refractivity contribution in [3.63, 3.8) is 0 Å². The number of nitrogens with two attached hydrogens (primary N) is 1. The van der Waals surface area contributed by atoms with Crippen LogP contribution in [0.4, 0.5) is 0 Å². The van der Waals surface area contributed by atoms with Crippen molar-refractivity contribution in [2.45, 2.75) is 38.9 Å². The fraction of sp³-hybridized carbons (Fsp3) is 0.462. The topological polar surface area (TPSA) is 91.7 Å². The summed E-state index contributed by atoms with van der Waals surface area (Å²) < 4.78 is 13.5. The molecule has 21 heavy (non-hydrogen) atoms. The van der Waals surface area contributed by atoms with Gasteiger partial charge in [0.25, 0.3) is 0 Å². The van der Waals surface area contributed by atoms with Crippen molar-refractivity contribution < 1.29 is 14.1 Å². The molecule has 1 saturated heterocycles. The molecule has 0 atom stereocenters. The smallest absolute Gasteiger partial charge is 0.399 e.